The number of imidazole rings is 1. The van der Waals surface area contributed by atoms with Gasteiger partial charge in [0.05, 0.1) is 17.8 Å². The lowest BCUT2D eigenvalue weighted by Gasteiger charge is -2.27. The van der Waals surface area contributed by atoms with Crippen molar-refractivity contribution in [3.63, 3.8) is 0 Å². The van der Waals surface area contributed by atoms with Crippen LogP contribution in [0.1, 0.15) is 16.8 Å². The maximum atomic E-state index is 13.7. The van der Waals surface area contributed by atoms with Gasteiger partial charge in [-0.2, -0.15) is 0 Å². The first-order valence-corrected chi connectivity index (χ1v) is 9.25. The molecule has 1 aliphatic heterocycles. The maximum absolute atomic E-state index is 13.7. The summed E-state index contributed by atoms with van der Waals surface area (Å²) in [6, 6.07) is 8.94. The number of halogens is 1. The third-order valence-electron chi connectivity index (χ3n) is 5.09. The van der Waals surface area contributed by atoms with Crippen molar-refractivity contribution in [2.24, 2.45) is 0 Å². The van der Waals surface area contributed by atoms with Gasteiger partial charge < -0.3 is 14.6 Å². The van der Waals surface area contributed by atoms with E-state index in [1.807, 2.05) is 34.6 Å². The summed E-state index contributed by atoms with van der Waals surface area (Å²) in [6.45, 7) is 6.84. The fourth-order valence-corrected chi connectivity index (χ4v) is 3.56. The molecular weight excluding hydrogens is 343 g/mol. The molecule has 0 unspecified atom stereocenters. The van der Waals surface area contributed by atoms with E-state index < -0.39 is 0 Å². The van der Waals surface area contributed by atoms with Crippen molar-refractivity contribution < 1.29 is 9.18 Å². The van der Waals surface area contributed by atoms with Crippen LogP contribution >= 0.6 is 0 Å². The monoisotopic (exact) mass is 366 g/mol. The zero-order chi connectivity index (χ0) is 19.0. The van der Waals surface area contributed by atoms with Crippen molar-refractivity contribution in [1.82, 2.24) is 19.6 Å². The highest BCUT2D eigenvalue weighted by molar-refractivity contribution is 5.82. The number of amides is 1. The van der Waals surface area contributed by atoms with Gasteiger partial charge in [0.25, 0.3) is 0 Å². The quantitative estimate of drug-likeness (QED) is 0.775. The van der Waals surface area contributed by atoms with E-state index in [0.717, 1.165) is 54.3 Å². The number of aromatic nitrogens is 2. The zero-order valence-electron chi connectivity index (χ0n) is 15.6. The molecule has 1 N–H and O–H groups in total. The molecule has 4 rings (SSSR count). The van der Waals surface area contributed by atoms with Crippen molar-refractivity contribution in [3.05, 3.63) is 59.2 Å². The Bertz CT molecular complexity index is 1000. The largest absolute Gasteiger partial charge is 0.340 e. The van der Waals surface area contributed by atoms with E-state index in [-0.39, 0.29) is 18.1 Å². The van der Waals surface area contributed by atoms with E-state index in [4.69, 9.17) is 4.98 Å². The number of nitrogens with zero attached hydrogens (tertiary/aromatic N) is 3. The Morgan fingerprint density at radius 1 is 1.19 bits per heavy atom. The van der Waals surface area contributed by atoms with Crippen molar-refractivity contribution in [2.45, 2.75) is 20.3 Å². The first-order valence-electron chi connectivity index (χ1n) is 9.25. The molecule has 5 nitrogen and oxygen atoms in total. The predicted octanol–water partition coefficient (Wildman–Crippen LogP) is 2.73. The summed E-state index contributed by atoms with van der Waals surface area (Å²) in [5.41, 5.74) is 4.88. The summed E-state index contributed by atoms with van der Waals surface area (Å²) in [6.07, 6.45) is 2.28. The van der Waals surface area contributed by atoms with Gasteiger partial charge in [-0.05, 0) is 49.2 Å². The van der Waals surface area contributed by atoms with Crippen LogP contribution in [-0.2, 0) is 11.2 Å². The minimum Gasteiger partial charge on any atom is -0.340 e. The van der Waals surface area contributed by atoms with Gasteiger partial charge in [0, 0.05) is 37.9 Å². The van der Waals surface area contributed by atoms with Crippen LogP contribution in [0.2, 0.25) is 0 Å². The molecule has 140 valence electrons. The molecule has 1 aromatic carbocycles. The fraction of sp³-hybridized carbons (Fsp3) is 0.333. The second-order valence-corrected chi connectivity index (χ2v) is 7.11. The smallest absolute Gasteiger partial charge is 0.228 e. The highest BCUT2D eigenvalue weighted by atomic mass is 19.1. The minimum atomic E-state index is -0.239. The number of carbonyl (C=O) groups excluding carboxylic acids is 1. The van der Waals surface area contributed by atoms with Crippen molar-refractivity contribution in [2.75, 3.05) is 26.2 Å². The number of nitrogens with one attached hydrogen (secondary N) is 1. The van der Waals surface area contributed by atoms with E-state index in [2.05, 4.69) is 5.32 Å². The first kappa shape index (κ1) is 17.7. The Morgan fingerprint density at radius 3 is 2.70 bits per heavy atom. The molecule has 6 heteroatoms. The van der Waals surface area contributed by atoms with Gasteiger partial charge in [-0.3, -0.25) is 4.79 Å². The number of piperazine rings is 1. The second-order valence-electron chi connectivity index (χ2n) is 7.11. The highest BCUT2D eigenvalue weighted by Gasteiger charge is 2.22. The molecule has 0 radical (unpaired) electrons. The lowest BCUT2D eigenvalue weighted by Crippen LogP contribution is -2.47. The molecule has 1 saturated heterocycles. The first-order chi connectivity index (χ1) is 13.0. The molecule has 1 aliphatic rings. The van der Waals surface area contributed by atoms with Gasteiger partial charge in [-0.25, -0.2) is 9.37 Å². The Morgan fingerprint density at radius 2 is 1.96 bits per heavy atom. The number of fused-ring (bicyclic) bond motifs is 1. The molecule has 0 aliphatic carbocycles. The lowest BCUT2D eigenvalue weighted by molar-refractivity contribution is -0.131. The summed E-state index contributed by atoms with van der Waals surface area (Å²) >= 11 is 0. The molecule has 0 atom stereocenters. The number of carbonyl (C=O) groups is 1. The Hall–Kier alpha value is -2.73. The standard InChI is InChI=1S/C21H23FN4O/c1-14-3-6-19-24-21(16-4-5-17(22)15(2)11-16)18(26(19)13-14)12-20(27)25-9-7-23-8-10-25/h3-6,11,13,23H,7-10,12H2,1-2H3. The molecule has 0 saturated carbocycles. The summed E-state index contributed by atoms with van der Waals surface area (Å²) in [5.74, 6) is -0.142. The van der Waals surface area contributed by atoms with Crippen molar-refractivity contribution in [3.8, 4) is 11.3 Å². The van der Waals surface area contributed by atoms with E-state index in [0.29, 0.717) is 5.56 Å². The highest BCUT2D eigenvalue weighted by Crippen LogP contribution is 2.27. The average molecular weight is 366 g/mol. The van der Waals surface area contributed by atoms with Gasteiger partial charge in [0.2, 0.25) is 5.91 Å². The topological polar surface area (TPSA) is 49.6 Å². The predicted molar refractivity (Wildman–Crippen MR) is 103 cm³/mol. The Balaban J connectivity index is 1.79. The molecule has 1 fully saturated rings. The van der Waals surface area contributed by atoms with Crippen molar-refractivity contribution in [1.29, 1.82) is 0 Å². The molecule has 3 heterocycles. The third kappa shape index (κ3) is 3.45. The van der Waals surface area contributed by atoms with Crippen LogP contribution in [0, 0.1) is 19.7 Å². The van der Waals surface area contributed by atoms with Crippen LogP contribution in [0.5, 0.6) is 0 Å². The molecule has 0 bridgehead atoms. The van der Waals surface area contributed by atoms with Gasteiger partial charge in [0.15, 0.2) is 0 Å². The SMILES string of the molecule is Cc1ccc2nc(-c3ccc(F)c(C)c3)c(CC(=O)N3CCNCC3)n2c1. The van der Waals surface area contributed by atoms with E-state index in [1.54, 1.807) is 19.1 Å². The number of hydrogen-bond donors (Lipinski definition) is 1. The summed E-state index contributed by atoms with van der Waals surface area (Å²) in [7, 11) is 0. The van der Waals surface area contributed by atoms with Crippen LogP contribution in [0.4, 0.5) is 4.39 Å². The van der Waals surface area contributed by atoms with E-state index >= 15 is 0 Å². The van der Waals surface area contributed by atoms with E-state index in [9.17, 15) is 9.18 Å². The fourth-order valence-electron chi connectivity index (χ4n) is 3.56. The van der Waals surface area contributed by atoms with Crippen molar-refractivity contribution >= 4 is 11.6 Å². The Kier molecular flexibility index (Phi) is 4.66. The molecule has 2 aromatic heterocycles. The number of pyridine rings is 1. The number of rotatable bonds is 3. The lowest BCUT2D eigenvalue weighted by atomic mass is 10.1. The zero-order valence-corrected chi connectivity index (χ0v) is 15.6. The molecule has 27 heavy (non-hydrogen) atoms. The minimum absolute atomic E-state index is 0.0971. The normalized spacial score (nSPS) is 14.7. The molecule has 1 amide bonds. The summed E-state index contributed by atoms with van der Waals surface area (Å²) < 4.78 is 15.7. The van der Waals surface area contributed by atoms with E-state index in [1.165, 1.54) is 6.07 Å². The van der Waals surface area contributed by atoms with Crippen LogP contribution in [0.15, 0.2) is 36.5 Å². The third-order valence-corrected chi connectivity index (χ3v) is 5.09. The molecule has 3 aromatic rings. The van der Waals surface area contributed by atoms with Crippen LogP contribution < -0.4 is 5.32 Å². The molecule has 0 spiro atoms. The summed E-state index contributed by atoms with van der Waals surface area (Å²) in [4.78, 5) is 19.5. The number of aryl methyl sites for hydroxylation is 2. The summed E-state index contributed by atoms with van der Waals surface area (Å²) in [5, 5.41) is 3.27. The average Bonchev–Trinajstić information content (AvgIpc) is 3.02. The van der Waals surface area contributed by atoms with Crippen LogP contribution in [-0.4, -0.2) is 46.4 Å². The van der Waals surface area contributed by atoms with Crippen LogP contribution in [0.25, 0.3) is 16.9 Å². The maximum Gasteiger partial charge on any atom is 0.228 e. The molecular formula is C21H23FN4O. The number of hydrogen-bond acceptors (Lipinski definition) is 3. The Labute approximate surface area is 157 Å². The van der Waals surface area contributed by atoms with Gasteiger partial charge in [-0.1, -0.05) is 6.07 Å². The van der Waals surface area contributed by atoms with Gasteiger partial charge in [-0.15, -0.1) is 0 Å². The van der Waals surface area contributed by atoms with Gasteiger partial charge in [0.1, 0.15) is 11.5 Å². The second kappa shape index (κ2) is 7.12. The van der Waals surface area contributed by atoms with Crippen LogP contribution in [0.3, 0.4) is 0 Å². The van der Waals surface area contributed by atoms with Gasteiger partial charge >= 0.3 is 0 Å². The number of benzene rings is 1.